The number of alkyl halides is 3. The van der Waals surface area contributed by atoms with Gasteiger partial charge in [0.15, 0.2) is 11.0 Å². The summed E-state index contributed by atoms with van der Waals surface area (Å²) < 4.78 is 37.7. The van der Waals surface area contributed by atoms with E-state index in [1.165, 1.54) is 18.2 Å². The van der Waals surface area contributed by atoms with E-state index in [9.17, 15) is 18.0 Å². The van der Waals surface area contributed by atoms with Gasteiger partial charge in [0.1, 0.15) is 0 Å². The molecule has 0 fully saturated rings. The van der Waals surface area contributed by atoms with Crippen LogP contribution in [0, 0.1) is 0 Å². The van der Waals surface area contributed by atoms with Crippen molar-refractivity contribution < 1.29 is 18.0 Å². The summed E-state index contributed by atoms with van der Waals surface area (Å²) in [5.41, 5.74) is 5.34. The molecule has 5 nitrogen and oxygen atoms in total. The zero-order valence-corrected chi connectivity index (χ0v) is 13.3. The van der Waals surface area contributed by atoms with E-state index in [4.69, 9.17) is 17.3 Å². The van der Waals surface area contributed by atoms with Crippen LogP contribution in [0.3, 0.4) is 0 Å². The molecule has 1 aromatic heterocycles. The van der Waals surface area contributed by atoms with Gasteiger partial charge < -0.3 is 11.1 Å². The quantitative estimate of drug-likeness (QED) is 0.857. The second-order valence-electron chi connectivity index (χ2n) is 5.20. The third kappa shape index (κ3) is 4.35. The Kier molecular flexibility index (Phi) is 5.28. The fraction of sp³-hybridized carbons (Fsp3) is 0.267. The van der Waals surface area contributed by atoms with Crippen molar-refractivity contribution >= 4 is 23.3 Å². The van der Waals surface area contributed by atoms with Crippen LogP contribution in [0.1, 0.15) is 34.3 Å². The second-order valence-corrected chi connectivity index (χ2v) is 5.58. The number of aromatic nitrogens is 2. The standard InChI is InChI=1S/C15H14ClF3N4O/c1-8(9-2-4-10(5-3-9)15(17,18)19)7-21-14-11(13(20)24)6-12(16)22-23-14/h2-6,8H,7H2,1H3,(H2,20,24)(H,21,23). The highest BCUT2D eigenvalue weighted by Gasteiger charge is 2.30. The normalized spacial score (nSPS) is 12.7. The molecule has 0 spiro atoms. The number of amides is 1. The summed E-state index contributed by atoms with van der Waals surface area (Å²) in [5, 5.41) is 10.3. The van der Waals surface area contributed by atoms with Crippen LogP contribution in [-0.4, -0.2) is 22.6 Å². The van der Waals surface area contributed by atoms with Crippen molar-refractivity contribution in [2.75, 3.05) is 11.9 Å². The van der Waals surface area contributed by atoms with Crippen LogP contribution in [0.2, 0.25) is 5.15 Å². The van der Waals surface area contributed by atoms with Gasteiger partial charge in [-0.2, -0.15) is 13.2 Å². The molecule has 128 valence electrons. The Bertz CT molecular complexity index is 734. The molecule has 1 atom stereocenters. The maximum absolute atomic E-state index is 12.6. The first-order chi connectivity index (χ1) is 11.2. The summed E-state index contributed by atoms with van der Waals surface area (Å²) in [5.74, 6) is -0.673. The summed E-state index contributed by atoms with van der Waals surface area (Å²) >= 11 is 5.67. The number of hydrogen-bond donors (Lipinski definition) is 2. The third-order valence-electron chi connectivity index (χ3n) is 3.41. The van der Waals surface area contributed by atoms with E-state index in [0.717, 1.165) is 12.1 Å². The van der Waals surface area contributed by atoms with Gasteiger partial charge in [-0.25, -0.2) is 0 Å². The number of nitrogens with two attached hydrogens (primary N) is 1. The molecule has 2 aromatic rings. The van der Waals surface area contributed by atoms with Crippen molar-refractivity contribution in [3.63, 3.8) is 0 Å². The molecule has 1 unspecified atom stereocenters. The summed E-state index contributed by atoms with van der Waals surface area (Å²) in [6.45, 7) is 2.14. The molecule has 1 aromatic carbocycles. The minimum Gasteiger partial charge on any atom is -0.367 e. The van der Waals surface area contributed by atoms with E-state index in [0.29, 0.717) is 12.1 Å². The van der Waals surface area contributed by atoms with Gasteiger partial charge in [-0.05, 0) is 29.7 Å². The Hall–Kier alpha value is -2.35. The Morgan fingerprint density at radius 2 is 1.92 bits per heavy atom. The summed E-state index contributed by atoms with van der Waals surface area (Å²) in [6, 6.07) is 6.18. The Labute approximate surface area is 141 Å². The van der Waals surface area contributed by atoms with Gasteiger partial charge in [-0.15, -0.1) is 10.2 Å². The summed E-state index contributed by atoms with van der Waals surface area (Å²) in [6.07, 6.45) is -4.37. The van der Waals surface area contributed by atoms with E-state index in [-0.39, 0.29) is 22.5 Å². The number of rotatable bonds is 5. The van der Waals surface area contributed by atoms with Crippen molar-refractivity contribution in [2.24, 2.45) is 5.73 Å². The minimum atomic E-state index is -4.37. The zero-order chi connectivity index (χ0) is 17.9. The van der Waals surface area contributed by atoms with Gasteiger partial charge >= 0.3 is 6.18 Å². The molecule has 0 saturated carbocycles. The molecule has 1 heterocycles. The Morgan fingerprint density at radius 1 is 1.29 bits per heavy atom. The van der Waals surface area contributed by atoms with Gasteiger partial charge in [-0.3, -0.25) is 4.79 Å². The van der Waals surface area contributed by atoms with Crippen molar-refractivity contribution in [3.8, 4) is 0 Å². The lowest BCUT2D eigenvalue weighted by molar-refractivity contribution is -0.137. The van der Waals surface area contributed by atoms with E-state index >= 15 is 0 Å². The molecule has 0 bridgehead atoms. The molecule has 2 rings (SSSR count). The molecule has 0 aliphatic carbocycles. The Balaban J connectivity index is 2.08. The number of carbonyl (C=O) groups excluding carboxylic acids is 1. The maximum atomic E-state index is 12.6. The fourth-order valence-electron chi connectivity index (χ4n) is 2.05. The third-order valence-corrected chi connectivity index (χ3v) is 3.60. The van der Waals surface area contributed by atoms with Crippen LogP contribution in [0.15, 0.2) is 30.3 Å². The lowest BCUT2D eigenvalue weighted by Gasteiger charge is -2.15. The molecule has 24 heavy (non-hydrogen) atoms. The number of nitrogens with one attached hydrogen (secondary N) is 1. The highest BCUT2D eigenvalue weighted by atomic mass is 35.5. The van der Waals surface area contributed by atoms with Gasteiger partial charge in [-0.1, -0.05) is 30.7 Å². The molecular formula is C15H14ClF3N4O. The SMILES string of the molecule is CC(CNc1nnc(Cl)cc1C(N)=O)c1ccc(C(F)(F)F)cc1. The average Bonchev–Trinajstić information content (AvgIpc) is 2.52. The van der Waals surface area contributed by atoms with Crippen molar-refractivity contribution in [3.05, 3.63) is 52.2 Å². The molecule has 0 aliphatic rings. The predicted octanol–water partition coefficient (Wildman–Crippen LogP) is 3.46. The van der Waals surface area contributed by atoms with Gasteiger partial charge in [0.05, 0.1) is 11.1 Å². The van der Waals surface area contributed by atoms with E-state index in [1.807, 2.05) is 6.92 Å². The molecule has 3 N–H and O–H groups in total. The maximum Gasteiger partial charge on any atom is 0.416 e. The highest BCUT2D eigenvalue weighted by molar-refractivity contribution is 6.29. The molecular weight excluding hydrogens is 345 g/mol. The van der Waals surface area contributed by atoms with Gasteiger partial charge in [0.25, 0.3) is 5.91 Å². The number of carbonyl (C=O) groups is 1. The summed E-state index contributed by atoms with van der Waals surface area (Å²) in [4.78, 5) is 11.4. The number of primary amides is 1. The zero-order valence-electron chi connectivity index (χ0n) is 12.6. The van der Waals surface area contributed by atoms with E-state index < -0.39 is 17.6 Å². The number of hydrogen-bond acceptors (Lipinski definition) is 4. The van der Waals surface area contributed by atoms with Crippen LogP contribution in [-0.2, 0) is 6.18 Å². The van der Waals surface area contributed by atoms with Crippen LogP contribution in [0.5, 0.6) is 0 Å². The van der Waals surface area contributed by atoms with E-state index in [2.05, 4.69) is 15.5 Å². The number of anilines is 1. The topological polar surface area (TPSA) is 80.9 Å². The fourth-order valence-corrected chi connectivity index (χ4v) is 2.20. The van der Waals surface area contributed by atoms with Crippen molar-refractivity contribution in [2.45, 2.75) is 19.0 Å². The minimum absolute atomic E-state index is 0.0325. The highest BCUT2D eigenvalue weighted by Crippen LogP contribution is 2.30. The average molecular weight is 359 g/mol. The van der Waals surface area contributed by atoms with E-state index in [1.54, 1.807) is 0 Å². The summed E-state index contributed by atoms with van der Waals surface area (Å²) in [7, 11) is 0. The van der Waals surface area contributed by atoms with Gasteiger partial charge in [0.2, 0.25) is 0 Å². The van der Waals surface area contributed by atoms with Crippen LogP contribution < -0.4 is 11.1 Å². The molecule has 0 saturated heterocycles. The van der Waals surface area contributed by atoms with Crippen molar-refractivity contribution in [1.82, 2.24) is 10.2 Å². The lowest BCUT2D eigenvalue weighted by Crippen LogP contribution is -2.18. The second kappa shape index (κ2) is 7.04. The predicted molar refractivity (Wildman–Crippen MR) is 83.9 cm³/mol. The van der Waals surface area contributed by atoms with Crippen LogP contribution in [0.4, 0.5) is 19.0 Å². The number of benzene rings is 1. The van der Waals surface area contributed by atoms with Gasteiger partial charge in [0, 0.05) is 6.54 Å². The molecule has 0 aliphatic heterocycles. The molecule has 1 amide bonds. The van der Waals surface area contributed by atoms with Crippen LogP contribution >= 0.6 is 11.6 Å². The lowest BCUT2D eigenvalue weighted by atomic mass is 9.99. The first kappa shape index (κ1) is 18.0. The number of nitrogens with zero attached hydrogens (tertiary/aromatic N) is 2. The Morgan fingerprint density at radius 3 is 2.46 bits per heavy atom. The molecule has 0 radical (unpaired) electrons. The first-order valence-corrected chi connectivity index (χ1v) is 7.30. The smallest absolute Gasteiger partial charge is 0.367 e. The first-order valence-electron chi connectivity index (χ1n) is 6.92. The van der Waals surface area contributed by atoms with Crippen molar-refractivity contribution in [1.29, 1.82) is 0 Å². The van der Waals surface area contributed by atoms with Crippen LogP contribution in [0.25, 0.3) is 0 Å². The largest absolute Gasteiger partial charge is 0.416 e. The molecule has 9 heteroatoms. The monoisotopic (exact) mass is 358 g/mol. The number of halogens is 4.